The average molecular weight is 405 g/mol. The van der Waals surface area contributed by atoms with E-state index in [9.17, 15) is 4.79 Å². The molecule has 1 N–H and O–H groups in total. The summed E-state index contributed by atoms with van der Waals surface area (Å²) in [6.07, 6.45) is 4.88. The van der Waals surface area contributed by atoms with Gasteiger partial charge in [0.2, 0.25) is 5.91 Å². The Kier molecular flexibility index (Phi) is 9.34. The van der Waals surface area contributed by atoms with Gasteiger partial charge in [0.05, 0.1) is 6.61 Å². The third-order valence-electron chi connectivity index (χ3n) is 4.23. The molecule has 1 aromatic heterocycles. The smallest absolute Gasteiger partial charge is 0.220 e. The summed E-state index contributed by atoms with van der Waals surface area (Å²) in [5.74, 6) is 2.47. The Morgan fingerprint density at radius 1 is 1.29 bits per heavy atom. The summed E-state index contributed by atoms with van der Waals surface area (Å²) in [4.78, 5) is 12.0. The first-order chi connectivity index (χ1) is 13.5. The maximum Gasteiger partial charge on any atom is 0.220 e. The predicted molar refractivity (Wildman–Crippen MR) is 114 cm³/mol. The first-order valence-corrected chi connectivity index (χ1v) is 11.1. The van der Waals surface area contributed by atoms with E-state index in [4.69, 9.17) is 4.74 Å². The second kappa shape index (κ2) is 11.7. The molecule has 7 heteroatoms. The summed E-state index contributed by atoms with van der Waals surface area (Å²) in [5, 5.41) is 12.5. The molecule has 6 nitrogen and oxygen atoms in total. The molecule has 2 aromatic rings. The topological polar surface area (TPSA) is 69.0 Å². The lowest BCUT2D eigenvalue weighted by molar-refractivity contribution is -0.121. The third kappa shape index (κ3) is 7.54. The van der Waals surface area contributed by atoms with Gasteiger partial charge < -0.3 is 14.6 Å². The molecule has 0 spiro atoms. The molecule has 0 aliphatic carbocycles. The number of thioether (sulfide) groups is 1. The molecule has 0 saturated carbocycles. The van der Waals surface area contributed by atoms with Crippen molar-refractivity contribution in [2.24, 2.45) is 5.92 Å². The zero-order valence-electron chi connectivity index (χ0n) is 17.4. The van der Waals surface area contributed by atoms with E-state index in [0.717, 1.165) is 36.1 Å². The number of ether oxygens (including phenoxy) is 1. The van der Waals surface area contributed by atoms with Crippen LogP contribution in [0.3, 0.4) is 0 Å². The fourth-order valence-electron chi connectivity index (χ4n) is 2.89. The number of nitrogens with zero attached hydrogens (tertiary/aromatic N) is 3. The first-order valence-electron chi connectivity index (χ1n) is 9.91. The number of hydrogen-bond donors (Lipinski definition) is 1. The van der Waals surface area contributed by atoms with E-state index in [2.05, 4.69) is 33.9 Å². The van der Waals surface area contributed by atoms with E-state index < -0.39 is 0 Å². The molecule has 28 heavy (non-hydrogen) atoms. The molecule has 0 bridgehead atoms. The highest BCUT2D eigenvalue weighted by Gasteiger charge is 2.12. The number of amides is 1. The van der Waals surface area contributed by atoms with Crippen molar-refractivity contribution >= 4 is 17.7 Å². The monoisotopic (exact) mass is 404 g/mol. The largest absolute Gasteiger partial charge is 0.494 e. The molecule has 2 rings (SSSR count). The number of hydrogen-bond acceptors (Lipinski definition) is 5. The van der Waals surface area contributed by atoms with Gasteiger partial charge in [0.1, 0.15) is 11.6 Å². The summed E-state index contributed by atoms with van der Waals surface area (Å²) in [5.41, 5.74) is 1.17. The van der Waals surface area contributed by atoms with Gasteiger partial charge in [-0.05, 0) is 49.6 Å². The summed E-state index contributed by atoms with van der Waals surface area (Å²) in [6.45, 7) is 8.54. The van der Waals surface area contributed by atoms with E-state index in [0.29, 0.717) is 31.9 Å². The summed E-state index contributed by atoms with van der Waals surface area (Å²) < 4.78 is 7.87. The van der Waals surface area contributed by atoms with Gasteiger partial charge in [0, 0.05) is 25.9 Å². The Balaban J connectivity index is 1.63. The van der Waals surface area contributed by atoms with E-state index >= 15 is 0 Å². The fourth-order valence-corrected chi connectivity index (χ4v) is 3.42. The van der Waals surface area contributed by atoms with Gasteiger partial charge in [-0.3, -0.25) is 4.79 Å². The van der Waals surface area contributed by atoms with Crippen LogP contribution in [0.15, 0.2) is 29.4 Å². The molecule has 0 unspecified atom stereocenters. The van der Waals surface area contributed by atoms with Gasteiger partial charge in [0.25, 0.3) is 0 Å². The molecule has 0 fully saturated rings. The van der Waals surface area contributed by atoms with Crippen LogP contribution in [0.25, 0.3) is 0 Å². The van der Waals surface area contributed by atoms with Crippen LogP contribution < -0.4 is 10.1 Å². The van der Waals surface area contributed by atoms with Crippen LogP contribution in [0.1, 0.15) is 44.5 Å². The standard InChI is InChI=1S/C21H32N4O2S/c1-16(2)15-25-19(23-24-21(25)28-4)10-6-12-22-20(26)11-7-13-27-18-9-5-8-17(3)14-18/h5,8-9,14,16H,6-7,10-13,15H2,1-4H3,(H,22,26). The van der Waals surface area contributed by atoms with Crippen LogP contribution in [0.2, 0.25) is 0 Å². The molecule has 0 aliphatic heterocycles. The molecule has 154 valence electrons. The van der Waals surface area contributed by atoms with Crippen LogP contribution in [0.5, 0.6) is 5.75 Å². The highest BCUT2D eigenvalue weighted by Crippen LogP contribution is 2.16. The molecule has 0 aliphatic rings. The van der Waals surface area contributed by atoms with Crippen molar-refractivity contribution in [1.29, 1.82) is 0 Å². The van der Waals surface area contributed by atoms with Crippen molar-refractivity contribution < 1.29 is 9.53 Å². The highest BCUT2D eigenvalue weighted by atomic mass is 32.2. The molecule has 0 saturated heterocycles. The van der Waals surface area contributed by atoms with Gasteiger partial charge in [-0.15, -0.1) is 10.2 Å². The quantitative estimate of drug-likeness (QED) is 0.430. The molecule has 1 heterocycles. The number of carbonyl (C=O) groups is 1. The Bertz CT molecular complexity index is 746. The number of aromatic nitrogens is 3. The Morgan fingerprint density at radius 3 is 2.82 bits per heavy atom. The normalized spacial score (nSPS) is 11.0. The number of aryl methyl sites for hydroxylation is 2. The highest BCUT2D eigenvalue weighted by molar-refractivity contribution is 7.98. The minimum atomic E-state index is 0.0706. The predicted octanol–water partition coefficient (Wildman–Crippen LogP) is 3.87. The second-order valence-corrected chi connectivity index (χ2v) is 8.10. The molecule has 1 aromatic carbocycles. The SMILES string of the molecule is CSc1nnc(CCCNC(=O)CCCOc2cccc(C)c2)n1CC(C)C. The zero-order valence-corrected chi connectivity index (χ0v) is 18.2. The molecule has 0 atom stereocenters. The van der Waals surface area contributed by atoms with Crippen LogP contribution >= 0.6 is 11.8 Å². The van der Waals surface area contributed by atoms with Crippen LogP contribution in [-0.4, -0.2) is 40.1 Å². The van der Waals surface area contributed by atoms with Crippen LogP contribution in [0.4, 0.5) is 0 Å². The van der Waals surface area contributed by atoms with Gasteiger partial charge in [-0.2, -0.15) is 0 Å². The van der Waals surface area contributed by atoms with Gasteiger partial charge in [-0.1, -0.05) is 37.7 Å². The Morgan fingerprint density at radius 2 is 2.11 bits per heavy atom. The van der Waals surface area contributed by atoms with Crippen molar-refractivity contribution in [2.75, 3.05) is 19.4 Å². The van der Waals surface area contributed by atoms with Crippen LogP contribution in [0, 0.1) is 12.8 Å². The number of carbonyl (C=O) groups excluding carboxylic acids is 1. The Labute approximate surface area is 172 Å². The number of benzene rings is 1. The van der Waals surface area contributed by atoms with E-state index in [1.807, 2.05) is 37.4 Å². The van der Waals surface area contributed by atoms with E-state index in [1.165, 1.54) is 5.56 Å². The maximum absolute atomic E-state index is 12.0. The average Bonchev–Trinajstić information content (AvgIpc) is 3.03. The molecular weight excluding hydrogens is 372 g/mol. The minimum absolute atomic E-state index is 0.0706. The maximum atomic E-state index is 12.0. The van der Waals surface area contributed by atoms with Crippen molar-refractivity contribution in [3.8, 4) is 5.75 Å². The van der Waals surface area contributed by atoms with Crippen molar-refractivity contribution in [3.05, 3.63) is 35.7 Å². The lowest BCUT2D eigenvalue weighted by Crippen LogP contribution is -2.25. The zero-order chi connectivity index (χ0) is 20.4. The van der Waals surface area contributed by atoms with Gasteiger partial charge >= 0.3 is 0 Å². The van der Waals surface area contributed by atoms with Gasteiger partial charge in [0.15, 0.2) is 5.16 Å². The lowest BCUT2D eigenvalue weighted by atomic mass is 10.2. The summed E-state index contributed by atoms with van der Waals surface area (Å²) in [7, 11) is 0. The molecule has 1 amide bonds. The Hall–Kier alpha value is -2.02. The van der Waals surface area contributed by atoms with Crippen LogP contribution in [-0.2, 0) is 17.8 Å². The summed E-state index contributed by atoms with van der Waals surface area (Å²) >= 11 is 1.62. The lowest BCUT2D eigenvalue weighted by Gasteiger charge is -2.12. The van der Waals surface area contributed by atoms with E-state index in [-0.39, 0.29) is 5.91 Å². The minimum Gasteiger partial charge on any atom is -0.494 e. The first kappa shape index (κ1) is 22.3. The second-order valence-electron chi connectivity index (χ2n) is 7.33. The van der Waals surface area contributed by atoms with Crippen molar-refractivity contribution in [1.82, 2.24) is 20.1 Å². The third-order valence-corrected chi connectivity index (χ3v) is 4.90. The summed E-state index contributed by atoms with van der Waals surface area (Å²) in [6, 6.07) is 7.95. The van der Waals surface area contributed by atoms with E-state index in [1.54, 1.807) is 11.8 Å². The van der Waals surface area contributed by atoms with Gasteiger partial charge in [-0.25, -0.2) is 0 Å². The molecule has 0 radical (unpaired) electrons. The number of nitrogens with one attached hydrogen (secondary N) is 1. The van der Waals surface area contributed by atoms with Crippen molar-refractivity contribution in [2.45, 2.75) is 58.2 Å². The molecular formula is C21H32N4O2S. The number of rotatable bonds is 12. The van der Waals surface area contributed by atoms with Crippen molar-refractivity contribution in [3.63, 3.8) is 0 Å². The fraction of sp³-hybridized carbons (Fsp3) is 0.571.